The topological polar surface area (TPSA) is 33.4 Å². The van der Waals surface area contributed by atoms with Crippen molar-refractivity contribution >= 4 is 0 Å². The molecule has 1 atom stereocenters. The normalized spacial score (nSPS) is 12.7. The highest BCUT2D eigenvalue weighted by Crippen LogP contribution is 2.22. The maximum atomic E-state index is 13.3. The predicted octanol–water partition coefficient (Wildman–Crippen LogP) is 2.83. The molecule has 0 amide bonds. The van der Waals surface area contributed by atoms with Gasteiger partial charge in [0.25, 0.3) is 0 Å². The summed E-state index contributed by atoms with van der Waals surface area (Å²) in [5.74, 6) is -1.18. The minimum absolute atomic E-state index is 0.0406. The van der Waals surface area contributed by atoms with Crippen molar-refractivity contribution in [3.05, 3.63) is 59.6 Å². The monoisotopic (exact) mass is 224 g/mol. The van der Waals surface area contributed by atoms with Gasteiger partial charge in [0.1, 0.15) is 11.6 Å². The number of aliphatic hydroxyl groups excluding tert-OH is 1. The number of hydrogen-bond donors (Lipinski definition) is 1. The molecule has 2 rings (SSSR count). The van der Waals surface area contributed by atoms with Crippen LogP contribution < -0.4 is 0 Å². The molecular formula is C12H10F2O2. The van der Waals surface area contributed by atoms with E-state index in [9.17, 15) is 13.9 Å². The molecule has 2 nitrogen and oxygen atoms in total. The van der Waals surface area contributed by atoms with Crippen LogP contribution in [-0.2, 0) is 6.42 Å². The van der Waals surface area contributed by atoms with Crippen molar-refractivity contribution in [1.82, 2.24) is 0 Å². The van der Waals surface area contributed by atoms with Gasteiger partial charge in [0.15, 0.2) is 0 Å². The first-order valence-electron chi connectivity index (χ1n) is 4.81. The number of hydrogen-bond acceptors (Lipinski definition) is 2. The third-order valence-corrected chi connectivity index (χ3v) is 2.33. The van der Waals surface area contributed by atoms with Gasteiger partial charge >= 0.3 is 0 Å². The van der Waals surface area contributed by atoms with Gasteiger partial charge in [0.2, 0.25) is 0 Å². The van der Waals surface area contributed by atoms with Crippen molar-refractivity contribution in [1.29, 1.82) is 0 Å². The van der Waals surface area contributed by atoms with Gasteiger partial charge in [-0.3, -0.25) is 0 Å². The van der Waals surface area contributed by atoms with E-state index in [1.54, 1.807) is 6.07 Å². The molecule has 0 aliphatic carbocycles. The van der Waals surface area contributed by atoms with E-state index in [-0.39, 0.29) is 12.0 Å². The van der Waals surface area contributed by atoms with Crippen LogP contribution in [-0.4, -0.2) is 5.11 Å². The molecule has 1 unspecified atom stereocenters. The third kappa shape index (κ3) is 2.28. The highest BCUT2D eigenvalue weighted by atomic mass is 19.1. The van der Waals surface area contributed by atoms with Gasteiger partial charge in [-0.1, -0.05) is 0 Å². The Morgan fingerprint density at radius 1 is 1.25 bits per heavy atom. The quantitative estimate of drug-likeness (QED) is 0.869. The molecule has 4 heteroatoms. The van der Waals surface area contributed by atoms with Gasteiger partial charge in [0.05, 0.1) is 18.6 Å². The van der Waals surface area contributed by atoms with Gasteiger partial charge < -0.3 is 9.52 Å². The van der Waals surface area contributed by atoms with Crippen LogP contribution in [0.2, 0.25) is 0 Å². The molecule has 0 aliphatic rings. The molecule has 0 radical (unpaired) electrons. The fraction of sp³-hybridized carbons (Fsp3) is 0.167. The van der Waals surface area contributed by atoms with Crippen LogP contribution in [0.15, 0.2) is 41.2 Å². The molecular weight excluding hydrogens is 214 g/mol. The van der Waals surface area contributed by atoms with Gasteiger partial charge in [-0.05, 0) is 29.8 Å². The van der Waals surface area contributed by atoms with Crippen LogP contribution >= 0.6 is 0 Å². The van der Waals surface area contributed by atoms with Crippen molar-refractivity contribution in [2.24, 2.45) is 0 Å². The van der Waals surface area contributed by atoms with Gasteiger partial charge in [-0.15, -0.1) is 0 Å². The summed E-state index contributed by atoms with van der Waals surface area (Å²) in [6.45, 7) is 0. The summed E-state index contributed by atoms with van der Waals surface area (Å²) in [7, 11) is 0. The first kappa shape index (κ1) is 10.8. The van der Waals surface area contributed by atoms with E-state index in [0.717, 1.165) is 23.8 Å². The maximum absolute atomic E-state index is 13.3. The fourth-order valence-corrected chi connectivity index (χ4v) is 1.51. The minimum atomic E-state index is -1.08. The predicted molar refractivity (Wildman–Crippen MR) is 53.7 cm³/mol. The smallest absolute Gasteiger partial charge is 0.129 e. The molecule has 1 aromatic carbocycles. The lowest BCUT2D eigenvalue weighted by atomic mass is 10.0. The summed E-state index contributed by atoms with van der Waals surface area (Å²) in [4.78, 5) is 0. The van der Waals surface area contributed by atoms with E-state index in [2.05, 4.69) is 0 Å². The van der Waals surface area contributed by atoms with Crippen molar-refractivity contribution < 1.29 is 18.3 Å². The van der Waals surface area contributed by atoms with Crippen molar-refractivity contribution in [2.45, 2.75) is 12.5 Å². The molecule has 2 aromatic rings. The number of halogens is 2. The third-order valence-electron chi connectivity index (χ3n) is 2.33. The number of aliphatic hydroxyl groups is 1. The molecule has 0 saturated heterocycles. The van der Waals surface area contributed by atoms with E-state index < -0.39 is 17.7 Å². The van der Waals surface area contributed by atoms with E-state index in [0.29, 0.717) is 0 Å². The fourth-order valence-electron chi connectivity index (χ4n) is 1.51. The van der Waals surface area contributed by atoms with E-state index in [4.69, 9.17) is 4.42 Å². The van der Waals surface area contributed by atoms with Gasteiger partial charge in [0, 0.05) is 12.0 Å². The Labute approximate surface area is 91.1 Å². The minimum Gasteiger partial charge on any atom is -0.472 e. The Bertz CT molecular complexity index is 466. The molecule has 1 heterocycles. The highest BCUT2D eigenvalue weighted by Gasteiger charge is 2.14. The van der Waals surface area contributed by atoms with E-state index in [1.807, 2.05) is 0 Å². The Kier molecular flexibility index (Phi) is 3.01. The lowest BCUT2D eigenvalue weighted by Crippen LogP contribution is -2.04. The molecule has 84 valence electrons. The first-order valence-corrected chi connectivity index (χ1v) is 4.81. The summed E-state index contributed by atoms with van der Waals surface area (Å²) in [5, 5.41) is 9.75. The van der Waals surface area contributed by atoms with Crippen LogP contribution in [0, 0.1) is 11.6 Å². The number of rotatable bonds is 3. The number of furan rings is 1. The average molecular weight is 224 g/mol. The van der Waals surface area contributed by atoms with Crippen molar-refractivity contribution in [3.63, 3.8) is 0 Å². The van der Waals surface area contributed by atoms with Crippen LogP contribution in [0.5, 0.6) is 0 Å². The summed E-state index contributed by atoms with van der Waals surface area (Å²) < 4.78 is 31.0. The first-order chi connectivity index (χ1) is 7.66. The Balaban J connectivity index is 2.20. The lowest BCUT2D eigenvalue weighted by molar-refractivity contribution is 0.173. The molecule has 0 saturated carbocycles. The molecule has 0 spiro atoms. The van der Waals surface area contributed by atoms with E-state index >= 15 is 0 Å². The standard InChI is InChI=1S/C12H10F2O2/c13-9-1-2-11(14)10(6-9)12(15)5-8-3-4-16-7-8/h1-4,6-7,12,15H,5H2. The van der Waals surface area contributed by atoms with Gasteiger partial charge in [-0.2, -0.15) is 0 Å². The molecule has 1 aromatic heterocycles. The molecule has 16 heavy (non-hydrogen) atoms. The average Bonchev–Trinajstić information content (AvgIpc) is 2.74. The summed E-state index contributed by atoms with van der Waals surface area (Å²) in [6.07, 6.45) is 2.04. The van der Waals surface area contributed by atoms with Crippen LogP contribution in [0.3, 0.4) is 0 Å². The summed E-state index contributed by atoms with van der Waals surface area (Å²) in [6, 6.07) is 4.69. The molecule has 0 fully saturated rings. The zero-order valence-corrected chi connectivity index (χ0v) is 8.36. The zero-order valence-electron chi connectivity index (χ0n) is 8.36. The largest absolute Gasteiger partial charge is 0.472 e. The van der Waals surface area contributed by atoms with E-state index in [1.165, 1.54) is 12.5 Å². The lowest BCUT2D eigenvalue weighted by Gasteiger charge is -2.10. The summed E-state index contributed by atoms with van der Waals surface area (Å²) in [5.41, 5.74) is 0.692. The Hall–Kier alpha value is -1.68. The molecule has 1 N–H and O–H groups in total. The van der Waals surface area contributed by atoms with Crippen LogP contribution in [0.4, 0.5) is 8.78 Å². The van der Waals surface area contributed by atoms with Crippen molar-refractivity contribution in [3.8, 4) is 0 Å². The van der Waals surface area contributed by atoms with Gasteiger partial charge in [-0.25, -0.2) is 8.78 Å². The molecule has 0 aliphatic heterocycles. The maximum Gasteiger partial charge on any atom is 0.129 e. The second kappa shape index (κ2) is 4.45. The SMILES string of the molecule is OC(Cc1ccoc1)c1cc(F)ccc1F. The Morgan fingerprint density at radius 2 is 2.06 bits per heavy atom. The second-order valence-electron chi connectivity index (χ2n) is 3.52. The summed E-state index contributed by atoms with van der Waals surface area (Å²) >= 11 is 0. The van der Waals surface area contributed by atoms with Crippen LogP contribution in [0.25, 0.3) is 0 Å². The Morgan fingerprint density at radius 3 is 2.75 bits per heavy atom. The zero-order chi connectivity index (χ0) is 11.5. The number of benzene rings is 1. The van der Waals surface area contributed by atoms with Crippen molar-refractivity contribution in [2.75, 3.05) is 0 Å². The second-order valence-corrected chi connectivity index (χ2v) is 3.52. The highest BCUT2D eigenvalue weighted by molar-refractivity contribution is 5.23. The van der Waals surface area contributed by atoms with Crippen LogP contribution in [0.1, 0.15) is 17.2 Å². The molecule has 0 bridgehead atoms.